The average molecular weight is 409 g/mol. The van der Waals surface area contributed by atoms with E-state index in [0.29, 0.717) is 5.75 Å². The molecule has 1 heterocycles. The van der Waals surface area contributed by atoms with Gasteiger partial charge in [0.2, 0.25) is 5.91 Å². The Labute approximate surface area is 173 Å². The van der Waals surface area contributed by atoms with Crippen LogP contribution in [-0.2, 0) is 17.1 Å². The lowest BCUT2D eigenvalue weighted by atomic mass is 10.1. The summed E-state index contributed by atoms with van der Waals surface area (Å²) in [5.74, 6) is 1.21. The summed E-state index contributed by atoms with van der Waals surface area (Å²) in [7, 11) is 0. The maximum Gasteiger partial charge on any atom is 0.234 e. The van der Waals surface area contributed by atoms with Gasteiger partial charge in [-0.1, -0.05) is 41.9 Å². The van der Waals surface area contributed by atoms with Crippen molar-refractivity contribution in [2.45, 2.75) is 19.2 Å². The predicted molar refractivity (Wildman–Crippen MR) is 121 cm³/mol. The van der Waals surface area contributed by atoms with Gasteiger partial charge in [0.25, 0.3) is 0 Å². The van der Waals surface area contributed by atoms with Gasteiger partial charge in [0.15, 0.2) is 0 Å². The molecule has 1 aromatic heterocycles. The first kappa shape index (κ1) is 18.9. The summed E-state index contributed by atoms with van der Waals surface area (Å²) >= 11 is 7.50. The highest BCUT2D eigenvalue weighted by Gasteiger charge is 2.11. The van der Waals surface area contributed by atoms with Crippen molar-refractivity contribution in [2.75, 3.05) is 11.1 Å². The van der Waals surface area contributed by atoms with Gasteiger partial charge in [-0.25, -0.2) is 0 Å². The molecule has 142 valence electrons. The molecule has 0 bridgehead atoms. The number of rotatable bonds is 6. The first-order valence-corrected chi connectivity index (χ1v) is 10.8. The Balaban J connectivity index is 1.46. The van der Waals surface area contributed by atoms with Crippen LogP contribution in [0.5, 0.6) is 0 Å². The van der Waals surface area contributed by atoms with E-state index in [1.54, 1.807) is 11.8 Å². The zero-order valence-electron chi connectivity index (χ0n) is 15.6. The van der Waals surface area contributed by atoms with Gasteiger partial charge in [-0.2, -0.15) is 0 Å². The molecule has 0 saturated heterocycles. The van der Waals surface area contributed by atoms with E-state index in [0.717, 1.165) is 28.6 Å². The molecule has 3 nitrogen and oxygen atoms in total. The number of carbonyl (C=O) groups excluding carboxylic acids is 1. The van der Waals surface area contributed by atoms with Gasteiger partial charge in [-0.05, 0) is 48.9 Å². The molecule has 1 N–H and O–H groups in total. The summed E-state index contributed by atoms with van der Waals surface area (Å²) in [5, 5.41) is 6.15. The number of thioether (sulfide) groups is 1. The molecule has 0 atom stereocenters. The molecule has 1 amide bonds. The topological polar surface area (TPSA) is 34.0 Å². The number of para-hydroxylation sites is 1. The van der Waals surface area contributed by atoms with E-state index >= 15 is 0 Å². The third kappa shape index (κ3) is 3.89. The second kappa shape index (κ2) is 8.29. The Morgan fingerprint density at radius 3 is 2.54 bits per heavy atom. The molecule has 4 aromatic rings. The summed E-state index contributed by atoms with van der Waals surface area (Å²) in [4.78, 5) is 12.4. The largest absolute Gasteiger partial charge is 0.341 e. The third-order valence-electron chi connectivity index (χ3n) is 4.79. The first-order valence-electron chi connectivity index (χ1n) is 9.28. The van der Waals surface area contributed by atoms with E-state index in [1.165, 1.54) is 21.8 Å². The number of carbonyl (C=O) groups is 1. The van der Waals surface area contributed by atoms with Crippen molar-refractivity contribution in [1.82, 2.24) is 4.57 Å². The smallest absolute Gasteiger partial charge is 0.234 e. The molecular weight excluding hydrogens is 388 g/mol. The summed E-state index contributed by atoms with van der Waals surface area (Å²) < 4.78 is 2.30. The van der Waals surface area contributed by atoms with Gasteiger partial charge in [0.05, 0.1) is 5.75 Å². The molecule has 5 heteroatoms. The summed E-state index contributed by atoms with van der Waals surface area (Å²) in [5.41, 5.74) is 4.42. The highest BCUT2D eigenvalue weighted by atomic mass is 35.5. The van der Waals surface area contributed by atoms with Crippen molar-refractivity contribution < 1.29 is 4.79 Å². The van der Waals surface area contributed by atoms with Crippen LogP contribution < -0.4 is 5.32 Å². The van der Waals surface area contributed by atoms with Crippen LogP contribution in [0.1, 0.15) is 12.5 Å². The van der Waals surface area contributed by atoms with Crippen LogP contribution in [0.25, 0.3) is 21.8 Å². The van der Waals surface area contributed by atoms with Crippen LogP contribution in [0, 0.1) is 0 Å². The number of anilines is 1. The van der Waals surface area contributed by atoms with Crippen molar-refractivity contribution in [2.24, 2.45) is 0 Å². The zero-order valence-corrected chi connectivity index (χ0v) is 17.2. The zero-order chi connectivity index (χ0) is 19.5. The number of halogens is 1. The molecular formula is C23H21ClN2OS. The van der Waals surface area contributed by atoms with E-state index < -0.39 is 0 Å². The van der Waals surface area contributed by atoms with Crippen molar-refractivity contribution in [3.05, 3.63) is 77.3 Å². The fourth-order valence-electron chi connectivity index (χ4n) is 3.51. The molecule has 3 aromatic carbocycles. The maximum absolute atomic E-state index is 12.4. The van der Waals surface area contributed by atoms with Crippen LogP contribution in [0.2, 0.25) is 5.02 Å². The number of hydrogen-bond acceptors (Lipinski definition) is 2. The lowest BCUT2D eigenvalue weighted by Gasteiger charge is -2.07. The molecule has 0 aliphatic rings. The molecule has 0 saturated carbocycles. The minimum absolute atomic E-state index is 0.0116. The predicted octanol–water partition coefficient (Wildman–Crippen LogP) is 6.34. The number of aromatic nitrogens is 1. The van der Waals surface area contributed by atoms with E-state index in [-0.39, 0.29) is 5.91 Å². The van der Waals surface area contributed by atoms with E-state index in [1.807, 2.05) is 30.3 Å². The molecule has 0 aliphatic carbocycles. The van der Waals surface area contributed by atoms with Crippen LogP contribution in [0.15, 0.2) is 66.7 Å². The van der Waals surface area contributed by atoms with Crippen molar-refractivity contribution in [3.8, 4) is 0 Å². The standard InChI is InChI=1S/C23H21ClN2OS/c1-2-26-21-6-4-3-5-19(21)20-13-18(11-12-22(20)26)25-23(27)15-28-14-16-7-9-17(24)10-8-16/h3-13H,2,14-15H2,1H3,(H,25,27). The van der Waals surface area contributed by atoms with Gasteiger partial charge in [-0.15, -0.1) is 11.8 Å². The minimum atomic E-state index is 0.0116. The Bertz CT molecular complexity index is 1130. The van der Waals surface area contributed by atoms with Crippen LogP contribution >= 0.6 is 23.4 Å². The molecule has 0 aliphatic heterocycles. The number of hydrogen-bond donors (Lipinski definition) is 1. The molecule has 0 fully saturated rings. The SMILES string of the molecule is CCn1c2ccccc2c2cc(NC(=O)CSCc3ccc(Cl)cc3)ccc21. The highest BCUT2D eigenvalue weighted by Crippen LogP contribution is 2.31. The lowest BCUT2D eigenvalue weighted by Crippen LogP contribution is -2.14. The quantitative estimate of drug-likeness (QED) is 0.404. The monoisotopic (exact) mass is 408 g/mol. The van der Waals surface area contributed by atoms with Gasteiger partial charge < -0.3 is 9.88 Å². The lowest BCUT2D eigenvalue weighted by molar-refractivity contribution is -0.113. The fourth-order valence-corrected chi connectivity index (χ4v) is 4.43. The van der Waals surface area contributed by atoms with E-state index in [4.69, 9.17) is 11.6 Å². The Hall–Kier alpha value is -2.43. The summed E-state index contributed by atoms with van der Waals surface area (Å²) in [6.07, 6.45) is 0. The number of benzene rings is 3. The van der Waals surface area contributed by atoms with Crippen LogP contribution in [-0.4, -0.2) is 16.2 Å². The Morgan fingerprint density at radius 1 is 1.00 bits per heavy atom. The first-order chi connectivity index (χ1) is 13.7. The molecule has 0 spiro atoms. The summed E-state index contributed by atoms with van der Waals surface area (Å²) in [6, 6.07) is 22.3. The average Bonchev–Trinajstić information content (AvgIpc) is 3.02. The molecule has 0 unspecified atom stereocenters. The van der Waals surface area contributed by atoms with E-state index in [2.05, 4.69) is 53.2 Å². The van der Waals surface area contributed by atoms with Crippen molar-refractivity contribution in [1.29, 1.82) is 0 Å². The number of aryl methyl sites for hydroxylation is 1. The van der Waals surface area contributed by atoms with Gasteiger partial charge in [-0.3, -0.25) is 4.79 Å². The normalized spacial score (nSPS) is 11.2. The fraction of sp³-hybridized carbons (Fsp3) is 0.174. The highest BCUT2D eigenvalue weighted by molar-refractivity contribution is 7.99. The van der Waals surface area contributed by atoms with Crippen molar-refractivity contribution >= 4 is 56.8 Å². The molecule has 28 heavy (non-hydrogen) atoms. The van der Waals surface area contributed by atoms with Gasteiger partial charge in [0.1, 0.15) is 0 Å². The minimum Gasteiger partial charge on any atom is -0.341 e. The number of nitrogens with zero attached hydrogens (tertiary/aromatic N) is 1. The number of nitrogens with one attached hydrogen (secondary N) is 1. The second-order valence-electron chi connectivity index (χ2n) is 6.66. The van der Waals surface area contributed by atoms with Gasteiger partial charge in [0, 0.05) is 44.8 Å². The second-order valence-corrected chi connectivity index (χ2v) is 8.08. The summed E-state index contributed by atoms with van der Waals surface area (Å²) in [6.45, 7) is 3.07. The Morgan fingerprint density at radius 2 is 1.75 bits per heavy atom. The van der Waals surface area contributed by atoms with Crippen LogP contribution in [0.3, 0.4) is 0 Å². The van der Waals surface area contributed by atoms with Crippen LogP contribution in [0.4, 0.5) is 5.69 Å². The van der Waals surface area contributed by atoms with Gasteiger partial charge >= 0.3 is 0 Å². The van der Waals surface area contributed by atoms with Crippen molar-refractivity contribution in [3.63, 3.8) is 0 Å². The third-order valence-corrected chi connectivity index (χ3v) is 6.04. The molecule has 0 radical (unpaired) electrons. The Kier molecular flexibility index (Phi) is 5.60. The van der Waals surface area contributed by atoms with E-state index in [9.17, 15) is 4.79 Å². The molecule has 4 rings (SSSR count). The number of fused-ring (bicyclic) bond motifs is 3. The maximum atomic E-state index is 12.4. The number of amides is 1.